The highest BCUT2D eigenvalue weighted by Crippen LogP contribution is 2.22. The van der Waals surface area contributed by atoms with Crippen molar-refractivity contribution in [1.82, 2.24) is 9.80 Å². The lowest BCUT2D eigenvalue weighted by Crippen LogP contribution is -2.46. The van der Waals surface area contributed by atoms with Gasteiger partial charge in [-0.2, -0.15) is 5.26 Å². The van der Waals surface area contributed by atoms with Gasteiger partial charge in [0, 0.05) is 31.2 Å². The quantitative estimate of drug-likeness (QED) is 0.787. The molecule has 2 unspecified atom stereocenters. The maximum absolute atomic E-state index is 8.74. The average molecular weight is 236 g/mol. The molecule has 2 aliphatic heterocycles. The van der Waals surface area contributed by atoms with E-state index in [-0.39, 0.29) is 0 Å². The summed E-state index contributed by atoms with van der Waals surface area (Å²) in [5.41, 5.74) is 5.94. The second-order valence-corrected chi connectivity index (χ2v) is 5.52. The largest absolute Gasteiger partial charge is 0.328 e. The number of nitrogens with two attached hydrogens (primary N) is 1. The molecule has 2 saturated heterocycles. The zero-order valence-corrected chi connectivity index (χ0v) is 10.8. The van der Waals surface area contributed by atoms with E-state index in [9.17, 15) is 0 Å². The molecule has 4 heteroatoms. The van der Waals surface area contributed by atoms with Gasteiger partial charge in [0.25, 0.3) is 0 Å². The molecule has 0 amide bonds. The maximum atomic E-state index is 8.74. The van der Waals surface area contributed by atoms with Gasteiger partial charge in [-0.15, -0.1) is 0 Å². The Labute approximate surface area is 104 Å². The summed E-state index contributed by atoms with van der Waals surface area (Å²) >= 11 is 0. The predicted molar refractivity (Wildman–Crippen MR) is 68.5 cm³/mol. The fourth-order valence-electron chi connectivity index (χ4n) is 3.01. The van der Waals surface area contributed by atoms with Crippen LogP contribution in [0.2, 0.25) is 0 Å². The standard InChI is InChI=1S/C13H24N4/c1-11(2-6-14)17-9-5-13(10-17)16-7-3-12(15)4-8-16/h11-13H,2-5,7-10,15H2,1H3. The van der Waals surface area contributed by atoms with E-state index in [4.69, 9.17) is 11.0 Å². The Morgan fingerprint density at radius 3 is 2.65 bits per heavy atom. The maximum Gasteiger partial charge on any atom is 0.0638 e. The van der Waals surface area contributed by atoms with Crippen LogP contribution in [0.4, 0.5) is 0 Å². The Morgan fingerprint density at radius 2 is 2.00 bits per heavy atom. The molecule has 0 aliphatic carbocycles. The normalized spacial score (nSPS) is 30.3. The van der Waals surface area contributed by atoms with E-state index in [1.165, 1.54) is 6.42 Å². The summed E-state index contributed by atoms with van der Waals surface area (Å²) in [5, 5.41) is 8.74. The molecule has 0 bridgehead atoms. The van der Waals surface area contributed by atoms with Gasteiger partial charge in [-0.05, 0) is 39.3 Å². The van der Waals surface area contributed by atoms with E-state index in [1.54, 1.807) is 0 Å². The van der Waals surface area contributed by atoms with Crippen molar-refractivity contribution < 1.29 is 0 Å². The highest BCUT2D eigenvalue weighted by molar-refractivity contribution is 4.90. The molecule has 2 heterocycles. The van der Waals surface area contributed by atoms with Crippen molar-refractivity contribution in [3.05, 3.63) is 0 Å². The molecule has 4 nitrogen and oxygen atoms in total. The van der Waals surface area contributed by atoms with Crippen LogP contribution in [0.3, 0.4) is 0 Å². The summed E-state index contributed by atoms with van der Waals surface area (Å²) < 4.78 is 0. The number of hydrogen-bond acceptors (Lipinski definition) is 4. The van der Waals surface area contributed by atoms with Crippen LogP contribution in [0.15, 0.2) is 0 Å². The van der Waals surface area contributed by atoms with E-state index >= 15 is 0 Å². The minimum Gasteiger partial charge on any atom is -0.328 e. The molecule has 17 heavy (non-hydrogen) atoms. The number of rotatable bonds is 3. The fourth-order valence-corrected chi connectivity index (χ4v) is 3.01. The first-order valence-corrected chi connectivity index (χ1v) is 6.81. The Morgan fingerprint density at radius 1 is 1.29 bits per heavy atom. The topological polar surface area (TPSA) is 56.3 Å². The van der Waals surface area contributed by atoms with Gasteiger partial charge in [0.15, 0.2) is 0 Å². The van der Waals surface area contributed by atoms with Gasteiger partial charge in [-0.3, -0.25) is 9.80 Å². The summed E-state index contributed by atoms with van der Waals surface area (Å²) in [5.74, 6) is 0. The number of hydrogen-bond donors (Lipinski definition) is 1. The molecule has 0 radical (unpaired) electrons. The summed E-state index contributed by atoms with van der Waals surface area (Å²) in [7, 11) is 0. The van der Waals surface area contributed by atoms with Crippen molar-refractivity contribution in [1.29, 1.82) is 5.26 Å². The van der Waals surface area contributed by atoms with Crippen LogP contribution in [-0.4, -0.2) is 54.1 Å². The van der Waals surface area contributed by atoms with E-state index < -0.39 is 0 Å². The van der Waals surface area contributed by atoms with Crippen molar-refractivity contribution >= 4 is 0 Å². The SMILES string of the molecule is CC(CC#N)N1CCC(N2CCC(N)CC2)C1. The fraction of sp³-hybridized carbons (Fsp3) is 0.923. The molecule has 0 aromatic carbocycles. The van der Waals surface area contributed by atoms with Crippen molar-refractivity contribution in [3.63, 3.8) is 0 Å². The van der Waals surface area contributed by atoms with E-state index in [0.29, 0.717) is 24.5 Å². The van der Waals surface area contributed by atoms with Crippen LogP contribution in [0.5, 0.6) is 0 Å². The lowest BCUT2D eigenvalue weighted by atomic mass is 10.0. The van der Waals surface area contributed by atoms with Crippen LogP contribution in [0.1, 0.15) is 32.6 Å². The average Bonchev–Trinajstić information content (AvgIpc) is 2.80. The molecule has 2 aliphatic rings. The Bertz CT molecular complexity index is 278. The number of nitrogens with zero attached hydrogens (tertiary/aromatic N) is 3. The van der Waals surface area contributed by atoms with Crippen LogP contribution < -0.4 is 5.73 Å². The molecular formula is C13H24N4. The molecule has 0 aromatic heterocycles. The first-order chi connectivity index (χ1) is 8.20. The van der Waals surface area contributed by atoms with Gasteiger partial charge < -0.3 is 5.73 Å². The zero-order valence-electron chi connectivity index (χ0n) is 10.8. The Kier molecular flexibility index (Phi) is 4.38. The molecule has 2 fully saturated rings. The first-order valence-electron chi connectivity index (χ1n) is 6.81. The number of piperidine rings is 1. The van der Waals surface area contributed by atoms with Crippen LogP contribution in [0.25, 0.3) is 0 Å². The van der Waals surface area contributed by atoms with E-state index in [1.807, 2.05) is 0 Å². The van der Waals surface area contributed by atoms with Gasteiger partial charge in [0.1, 0.15) is 0 Å². The smallest absolute Gasteiger partial charge is 0.0638 e. The summed E-state index contributed by atoms with van der Waals surface area (Å²) in [6.45, 7) is 6.77. The van der Waals surface area contributed by atoms with Crippen molar-refractivity contribution in [2.75, 3.05) is 26.2 Å². The van der Waals surface area contributed by atoms with Gasteiger partial charge >= 0.3 is 0 Å². The van der Waals surface area contributed by atoms with Gasteiger partial charge in [-0.1, -0.05) is 0 Å². The highest BCUT2D eigenvalue weighted by Gasteiger charge is 2.31. The molecule has 2 atom stereocenters. The second-order valence-electron chi connectivity index (χ2n) is 5.52. The summed E-state index contributed by atoms with van der Waals surface area (Å²) in [4.78, 5) is 5.06. The van der Waals surface area contributed by atoms with Crippen molar-refractivity contribution in [3.8, 4) is 6.07 Å². The third-order valence-corrected chi connectivity index (χ3v) is 4.30. The van der Waals surface area contributed by atoms with E-state index in [0.717, 1.165) is 39.0 Å². The highest BCUT2D eigenvalue weighted by atomic mass is 15.3. The van der Waals surface area contributed by atoms with Crippen LogP contribution in [0, 0.1) is 11.3 Å². The summed E-state index contributed by atoms with van der Waals surface area (Å²) in [6.07, 6.45) is 4.19. The third-order valence-electron chi connectivity index (χ3n) is 4.30. The van der Waals surface area contributed by atoms with Gasteiger partial charge in [0.05, 0.1) is 12.5 Å². The molecule has 96 valence electrons. The molecule has 0 aromatic rings. The van der Waals surface area contributed by atoms with Crippen LogP contribution in [-0.2, 0) is 0 Å². The monoisotopic (exact) mass is 236 g/mol. The van der Waals surface area contributed by atoms with Crippen LogP contribution >= 0.6 is 0 Å². The second kappa shape index (κ2) is 5.81. The van der Waals surface area contributed by atoms with Crippen molar-refractivity contribution in [2.45, 2.75) is 50.7 Å². The summed E-state index contributed by atoms with van der Waals surface area (Å²) in [6, 6.07) is 3.80. The van der Waals surface area contributed by atoms with E-state index in [2.05, 4.69) is 22.8 Å². The minimum atomic E-state index is 0.414. The third kappa shape index (κ3) is 3.19. The predicted octanol–water partition coefficient (Wildman–Crippen LogP) is 0.786. The minimum absolute atomic E-state index is 0.414. The lowest BCUT2D eigenvalue weighted by molar-refractivity contribution is 0.146. The van der Waals surface area contributed by atoms with Crippen molar-refractivity contribution in [2.24, 2.45) is 5.73 Å². The molecule has 2 N–H and O–H groups in total. The Hall–Kier alpha value is -0.630. The zero-order chi connectivity index (χ0) is 12.3. The lowest BCUT2D eigenvalue weighted by Gasteiger charge is -2.35. The number of likely N-dealkylation sites (tertiary alicyclic amines) is 2. The van der Waals surface area contributed by atoms with Gasteiger partial charge in [0.2, 0.25) is 0 Å². The number of nitriles is 1. The molecule has 0 spiro atoms. The molecule has 2 rings (SSSR count). The van der Waals surface area contributed by atoms with Gasteiger partial charge in [-0.25, -0.2) is 0 Å². The molecule has 0 saturated carbocycles. The molecular weight excluding hydrogens is 212 g/mol. The first kappa shape index (κ1) is 12.8. The Balaban J connectivity index is 1.79.